The Labute approximate surface area is 166 Å². The van der Waals surface area contributed by atoms with Crippen molar-refractivity contribution in [3.8, 4) is 6.01 Å². The summed E-state index contributed by atoms with van der Waals surface area (Å²) in [6, 6.07) is 16.3. The second-order valence-corrected chi connectivity index (χ2v) is 6.51. The number of aromatic amines is 2. The normalized spacial score (nSPS) is 11.1. The van der Waals surface area contributed by atoms with Crippen molar-refractivity contribution in [3.63, 3.8) is 0 Å². The van der Waals surface area contributed by atoms with Gasteiger partial charge in [0.25, 0.3) is 0 Å². The smallest absolute Gasteiger partial charge is 0.323 e. The lowest BCUT2D eigenvalue weighted by Crippen LogP contribution is -2.07. The molecular formula is C21H19N7O. The van der Waals surface area contributed by atoms with Crippen molar-refractivity contribution >= 4 is 45.1 Å². The Kier molecular flexibility index (Phi) is 4.21. The molecule has 0 unspecified atom stereocenters. The molecule has 0 fully saturated rings. The largest absolute Gasteiger partial charge is 0.464 e. The molecule has 2 aromatic carbocycles. The third-order valence-electron chi connectivity index (χ3n) is 4.51. The van der Waals surface area contributed by atoms with Gasteiger partial charge in [0.15, 0.2) is 0 Å². The summed E-state index contributed by atoms with van der Waals surface area (Å²) in [6.45, 7) is 2.36. The van der Waals surface area contributed by atoms with Gasteiger partial charge < -0.3 is 25.3 Å². The predicted molar refractivity (Wildman–Crippen MR) is 114 cm³/mol. The van der Waals surface area contributed by atoms with Crippen LogP contribution in [0.25, 0.3) is 21.8 Å². The van der Waals surface area contributed by atoms with Crippen LogP contribution in [0, 0.1) is 0 Å². The van der Waals surface area contributed by atoms with Gasteiger partial charge in [-0.3, -0.25) is 0 Å². The minimum atomic E-state index is 0.259. The average Bonchev–Trinajstić information content (AvgIpc) is 3.36. The summed E-state index contributed by atoms with van der Waals surface area (Å²) in [5.41, 5.74) is 3.80. The van der Waals surface area contributed by atoms with Crippen molar-refractivity contribution in [2.24, 2.45) is 0 Å². The molecule has 3 heterocycles. The number of fused-ring (bicyclic) bond motifs is 2. The molecule has 5 aromatic rings. The SMILES string of the molecule is CCOc1nc(Nc2ccc3cc[nH]c3c2)nc(Nc2ccc3cc[nH]c3c2)n1. The van der Waals surface area contributed by atoms with E-state index in [1.807, 2.05) is 67.8 Å². The predicted octanol–water partition coefficient (Wildman–Crippen LogP) is 4.72. The molecule has 0 aliphatic heterocycles. The molecule has 144 valence electrons. The van der Waals surface area contributed by atoms with Crippen LogP contribution in [0.2, 0.25) is 0 Å². The van der Waals surface area contributed by atoms with Crippen LogP contribution in [0.15, 0.2) is 60.9 Å². The fraction of sp³-hybridized carbons (Fsp3) is 0.0952. The lowest BCUT2D eigenvalue weighted by Gasteiger charge is -2.10. The first-order chi connectivity index (χ1) is 14.3. The molecule has 0 spiro atoms. The number of rotatable bonds is 6. The van der Waals surface area contributed by atoms with Gasteiger partial charge in [-0.25, -0.2) is 0 Å². The summed E-state index contributed by atoms with van der Waals surface area (Å²) in [6.07, 6.45) is 3.82. The minimum absolute atomic E-state index is 0.259. The maximum absolute atomic E-state index is 5.52. The van der Waals surface area contributed by atoms with E-state index in [-0.39, 0.29) is 6.01 Å². The second-order valence-electron chi connectivity index (χ2n) is 6.51. The molecule has 0 saturated heterocycles. The van der Waals surface area contributed by atoms with Crippen molar-refractivity contribution < 1.29 is 4.74 Å². The Bertz CT molecular complexity index is 1200. The standard InChI is InChI=1S/C21H19N7O/c1-2-29-21-27-19(24-15-5-3-13-7-9-22-17(13)11-15)26-20(28-21)25-16-6-4-14-8-10-23-18(14)12-16/h3-12,22-23H,2H2,1H3,(H2,24,25,26,27,28). The van der Waals surface area contributed by atoms with E-state index < -0.39 is 0 Å². The van der Waals surface area contributed by atoms with Crippen molar-refractivity contribution in [2.75, 3.05) is 17.2 Å². The maximum atomic E-state index is 5.52. The summed E-state index contributed by atoms with van der Waals surface area (Å²) in [5.74, 6) is 0.801. The highest BCUT2D eigenvalue weighted by Gasteiger charge is 2.09. The van der Waals surface area contributed by atoms with Crippen LogP contribution in [0.4, 0.5) is 23.3 Å². The molecule has 0 atom stereocenters. The first kappa shape index (κ1) is 17.1. The molecule has 5 rings (SSSR count). The van der Waals surface area contributed by atoms with E-state index in [0.717, 1.165) is 33.2 Å². The topological polar surface area (TPSA) is 104 Å². The van der Waals surface area contributed by atoms with Gasteiger partial charge in [0.05, 0.1) is 6.61 Å². The van der Waals surface area contributed by atoms with Crippen LogP contribution in [-0.4, -0.2) is 31.5 Å². The Balaban J connectivity index is 1.45. The number of aromatic nitrogens is 5. The zero-order chi connectivity index (χ0) is 19.6. The van der Waals surface area contributed by atoms with Crippen molar-refractivity contribution in [2.45, 2.75) is 6.92 Å². The van der Waals surface area contributed by atoms with Crippen molar-refractivity contribution in [1.82, 2.24) is 24.9 Å². The highest BCUT2D eigenvalue weighted by Crippen LogP contribution is 2.24. The second kappa shape index (κ2) is 7.16. The molecule has 0 saturated carbocycles. The average molecular weight is 385 g/mol. The van der Waals surface area contributed by atoms with Gasteiger partial charge in [-0.15, -0.1) is 0 Å². The number of nitrogens with zero attached hydrogens (tertiary/aromatic N) is 3. The third kappa shape index (κ3) is 3.55. The summed E-state index contributed by atoms with van der Waals surface area (Å²) >= 11 is 0. The number of H-pyrrole nitrogens is 2. The van der Waals surface area contributed by atoms with Gasteiger partial charge in [0.1, 0.15) is 0 Å². The monoisotopic (exact) mass is 385 g/mol. The Morgan fingerprint density at radius 2 is 1.31 bits per heavy atom. The third-order valence-corrected chi connectivity index (χ3v) is 4.51. The molecule has 0 aliphatic carbocycles. The van der Waals surface area contributed by atoms with Gasteiger partial charge in [0.2, 0.25) is 11.9 Å². The number of hydrogen-bond donors (Lipinski definition) is 4. The lowest BCUT2D eigenvalue weighted by atomic mass is 10.2. The molecule has 29 heavy (non-hydrogen) atoms. The van der Waals surface area contributed by atoms with E-state index in [2.05, 4.69) is 35.6 Å². The fourth-order valence-electron chi connectivity index (χ4n) is 3.17. The molecular weight excluding hydrogens is 366 g/mol. The summed E-state index contributed by atoms with van der Waals surface area (Å²) in [7, 11) is 0. The van der Waals surface area contributed by atoms with Crippen LogP contribution in [0.3, 0.4) is 0 Å². The molecule has 0 radical (unpaired) electrons. The van der Waals surface area contributed by atoms with E-state index >= 15 is 0 Å². The maximum Gasteiger partial charge on any atom is 0.323 e. The number of nitrogens with one attached hydrogen (secondary N) is 4. The zero-order valence-corrected chi connectivity index (χ0v) is 15.7. The van der Waals surface area contributed by atoms with Crippen LogP contribution in [0.5, 0.6) is 6.01 Å². The number of anilines is 4. The number of ether oxygens (including phenoxy) is 1. The summed E-state index contributed by atoms with van der Waals surface area (Å²) < 4.78 is 5.52. The molecule has 0 amide bonds. The van der Waals surface area contributed by atoms with Crippen molar-refractivity contribution in [1.29, 1.82) is 0 Å². The van der Waals surface area contributed by atoms with Gasteiger partial charge in [0, 0.05) is 34.8 Å². The van der Waals surface area contributed by atoms with E-state index in [4.69, 9.17) is 4.74 Å². The summed E-state index contributed by atoms with van der Waals surface area (Å²) in [5, 5.41) is 8.74. The molecule has 3 aromatic heterocycles. The fourth-order valence-corrected chi connectivity index (χ4v) is 3.17. The van der Waals surface area contributed by atoms with Gasteiger partial charge in [-0.1, -0.05) is 12.1 Å². The Morgan fingerprint density at radius 1 is 0.759 bits per heavy atom. The highest BCUT2D eigenvalue weighted by molar-refractivity contribution is 5.84. The molecule has 8 heteroatoms. The van der Waals surface area contributed by atoms with Crippen LogP contribution >= 0.6 is 0 Å². The van der Waals surface area contributed by atoms with Crippen molar-refractivity contribution in [3.05, 3.63) is 60.9 Å². The van der Waals surface area contributed by atoms with E-state index in [1.165, 1.54) is 0 Å². The minimum Gasteiger partial charge on any atom is -0.464 e. The van der Waals surface area contributed by atoms with Gasteiger partial charge >= 0.3 is 6.01 Å². The quantitative estimate of drug-likeness (QED) is 0.337. The van der Waals surface area contributed by atoms with Crippen LogP contribution in [-0.2, 0) is 0 Å². The van der Waals surface area contributed by atoms with Crippen LogP contribution < -0.4 is 15.4 Å². The summed E-state index contributed by atoms with van der Waals surface area (Å²) in [4.78, 5) is 19.6. The first-order valence-electron chi connectivity index (χ1n) is 9.34. The Hall–Kier alpha value is -4.07. The molecule has 4 N–H and O–H groups in total. The molecule has 0 bridgehead atoms. The van der Waals surface area contributed by atoms with E-state index in [1.54, 1.807) is 0 Å². The van der Waals surface area contributed by atoms with E-state index in [9.17, 15) is 0 Å². The Morgan fingerprint density at radius 3 is 1.83 bits per heavy atom. The van der Waals surface area contributed by atoms with Crippen LogP contribution in [0.1, 0.15) is 6.92 Å². The number of benzene rings is 2. The first-order valence-corrected chi connectivity index (χ1v) is 9.34. The van der Waals surface area contributed by atoms with E-state index in [0.29, 0.717) is 18.5 Å². The number of hydrogen-bond acceptors (Lipinski definition) is 6. The highest BCUT2D eigenvalue weighted by atomic mass is 16.5. The lowest BCUT2D eigenvalue weighted by molar-refractivity contribution is 0.312. The molecule has 8 nitrogen and oxygen atoms in total. The van der Waals surface area contributed by atoms with Gasteiger partial charge in [-0.05, 0) is 54.1 Å². The zero-order valence-electron chi connectivity index (χ0n) is 15.7. The molecule has 0 aliphatic rings. The van der Waals surface area contributed by atoms with Gasteiger partial charge in [-0.2, -0.15) is 15.0 Å².